The van der Waals surface area contributed by atoms with Gasteiger partial charge in [0.05, 0.1) is 10.6 Å². The summed E-state index contributed by atoms with van der Waals surface area (Å²) in [6, 6.07) is 19.8. The van der Waals surface area contributed by atoms with E-state index in [1.165, 1.54) is 24.4 Å². The van der Waals surface area contributed by atoms with Crippen molar-refractivity contribution in [2.45, 2.75) is 0 Å². The molecule has 0 aliphatic carbocycles. The third kappa shape index (κ3) is 4.35. The van der Waals surface area contributed by atoms with E-state index in [0.717, 1.165) is 0 Å². The second kappa shape index (κ2) is 7.92. The van der Waals surface area contributed by atoms with Crippen LogP contribution >= 0.6 is 0 Å². The van der Waals surface area contributed by atoms with E-state index in [4.69, 9.17) is 0 Å². The smallest absolute Gasteiger partial charge is 0.311 e. The summed E-state index contributed by atoms with van der Waals surface area (Å²) < 4.78 is 0. The molecule has 0 spiro atoms. The quantitative estimate of drug-likeness (QED) is 0.401. The normalized spacial score (nSPS) is 10.7. The van der Waals surface area contributed by atoms with E-state index in [1.807, 2.05) is 6.07 Å². The summed E-state index contributed by atoms with van der Waals surface area (Å²) in [6.07, 6.45) is 1.33. The lowest BCUT2D eigenvalue weighted by Crippen LogP contribution is -2.11. The number of hydrogen-bond acceptors (Lipinski definition) is 5. The first-order valence-electron chi connectivity index (χ1n) is 8.01. The van der Waals surface area contributed by atoms with E-state index in [0.29, 0.717) is 16.9 Å². The zero-order valence-electron chi connectivity index (χ0n) is 14.1. The van der Waals surface area contributed by atoms with Crippen molar-refractivity contribution in [1.82, 2.24) is 0 Å². The molecular formula is C20H15N3O4. The van der Waals surface area contributed by atoms with Gasteiger partial charge in [-0.2, -0.15) is 0 Å². The minimum absolute atomic E-state index is 0.225. The van der Waals surface area contributed by atoms with Gasteiger partial charge in [-0.1, -0.05) is 30.3 Å². The van der Waals surface area contributed by atoms with Gasteiger partial charge < -0.3 is 10.4 Å². The lowest BCUT2D eigenvalue weighted by Gasteiger charge is -2.06. The third-order valence-corrected chi connectivity index (χ3v) is 3.74. The molecule has 0 bridgehead atoms. The molecule has 0 heterocycles. The van der Waals surface area contributed by atoms with Gasteiger partial charge in [0.2, 0.25) is 5.75 Å². The Hall–Kier alpha value is -4.00. The number of phenolic OH excluding ortho intramolecular Hbond substituents is 1. The Balaban J connectivity index is 1.78. The first kappa shape index (κ1) is 17.8. The SMILES string of the molecule is O=C(Nc1cccc(N=Cc2cccc([N+](=O)[O-])c2O)c1)c1ccccc1. The van der Waals surface area contributed by atoms with Gasteiger partial charge in [-0.15, -0.1) is 0 Å². The Morgan fingerprint density at radius 3 is 2.52 bits per heavy atom. The molecule has 0 atom stereocenters. The van der Waals surface area contributed by atoms with Gasteiger partial charge in [0, 0.05) is 29.1 Å². The van der Waals surface area contributed by atoms with Crippen molar-refractivity contribution in [1.29, 1.82) is 0 Å². The van der Waals surface area contributed by atoms with E-state index in [9.17, 15) is 20.0 Å². The Bertz CT molecular complexity index is 1020. The van der Waals surface area contributed by atoms with Crippen LogP contribution in [0.4, 0.5) is 17.1 Å². The van der Waals surface area contributed by atoms with Gasteiger partial charge in [-0.25, -0.2) is 0 Å². The molecule has 7 heteroatoms. The molecule has 0 aliphatic heterocycles. The maximum absolute atomic E-state index is 12.2. The van der Waals surface area contributed by atoms with E-state index >= 15 is 0 Å². The number of nitro benzene ring substituents is 1. The van der Waals surface area contributed by atoms with Crippen molar-refractivity contribution in [2.24, 2.45) is 4.99 Å². The molecule has 1 amide bonds. The molecule has 27 heavy (non-hydrogen) atoms. The average Bonchev–Trinajstić information content (AvgIpc) is 2.68. The molecule has 0 aliphatic rings. The van der Waals surface area contributed by atoms with Crippen molar-refractivity contribution in [3.8, 4) is 5.75 Å². The maximum atomic E-state index is 12.2. The van der Waals surface area contributed by atoms with Gasteiger partial charge in [0.1, 0.15) is 0 Å². The third-order valence-electron chi connectivity index (χ3n) is 3.74. The summed E-state index contributed by atoms with van der Waals surface area (Å²) in [5.74, 6) is -0.687. The highest BCUT2D eigenvalue weighted by molar-refractivity contribution is 6.04. The van der Waals surface area contributed by atoms with Crippen molar-refractivity contribution in [3.05, 3.63) is 94.0 Å². The van der Waals surface area contributed by atoms with Crippen molar-refractivity contribution >= 4 is 29.2 Å². The van der Waals surface area contributed by atoms with E-state index in [1.54, 1.807) is 48.5 Å². The average molecular weight is 361 g/mol. The molecule has 0 saturated heterocycles. The lowest BCUT2D eigenvalue weighted by molar-refractivity contribution is -0.385. The van der Waals surface area contributed by atoms with Gasteiger partial charge >= 0.3 is 5.69 Å². The van der Waals surface area contributed by atoms with Crippen LogP contribution in [0.15, 0.2) is 77.8 Å². The molecule has 3 aromatic carbocycles. The summed E-state index contributed by atoms with van der Waals surface area (Å²) in [7, 11) is 0. The summed E-state index contributed by atoms with van der Waals surface area (Å²) in [5.41, 5.74) is 1.45. The van der Waals surface area contributed by atoms with Gasteiger partial charge in [-0.05, 0) is 36.4 Å². The molecule has 0 radical (unpaired) electrons. The minimum Gasteiger partial charge on any atom is -0.502 e. The zero-order valence-corrected chi connectivity index (χ0v) is 14.1. The number of nitrogens with zero attached hydrogens (tertiary/aromatic N) is 2. The number of benzene rings is 3. The number of aliphatic imine (C=N–C) groups is 1. The predicted octanol–water partition coefficient (Wildman–Crippen LogP) is 4.30. The molecule has 134 valence electrons. The predicted molar refractivity (Wildman–Crippen MR) is 103 cm³/mol. The van der Waals surface area contributed by atoms with Crippen LogP contribution in [0.1, 0.15) is 15.9 Å². The van der Waals surface area contributed by atoms with Gasteiger partial charge in [-0.3, -0.25) is 19.9 Å². The van der Waals surface area contributed by atoms with Gasteiger partial charge in [0.15, 0.2) is 0 Å². The number of anilines is 1. The molecular weight excluding hydrogens is 346 g/mol. The molecule has 3 rings (SSSR count). The molecule has 7 nitrogen and oxygen atoms in total. The largest absolute Gasteiger partial charge is 0.502 e. The number of carbonyl (C=O) groups excluding carboxylic acids is 1. The second-order valence-electron chi connectivity index (χ2n) is 5.60. The first-order valence-corrected chi connectivity index (χ1v) is 8.01. The number of aromatic hydroxyl groups is 1. The molecule has 0 saturated carbocycles. The molecule has 3 aromatic rings. The number of phenols is 1. The number of nitro groups is 1. The number of para-hydroxylation sites is 1. The number of rotatable bonds is 5. The fraction of sp³-hybridized carbons (Fsp3) is 0. The fourth-order valence-corrected chi connectivity index (χ4v) is 2.40. The lowest BCUT2D eigenvalue weighted by atomic mass is 10.2. The van der Waals surface area contributed by atoms with Crippen molar-refractivity contribution in [3.63, 3.8) is 0 Å². The van der Waals surface area contributed by atoms with E-state index < -0.39 is 10.7 Å². The summed E-state index contributed by atoms with van der Waals surface area (Å²) in [5, 5.41) is 23.6. The summed E-state index contributed by atoms with van der Waals surface area (Å²) in [4.78, 5) is 26.6. The Kier molecular flexibility index (Phi) is 5.22. The van der Waals surface area contributed by atoms with Crippen LogP contribution in [0, 0.1) is 10.1 Å². The van der Waals surface area contributed by atoms with Crippen LogP contribution in [0.3, 0.4) is 0 Å². The Morgan fingerprint density at radius 2 is 1.78 bits per heavy atom. The molecule has 0 aromatic heterocycles. The fourth-order valence-electron chi connectivity index (χ4n) is 2.40. The highest BCUT2D eigenvalue weighted by atomic mass is 16.6. The summed E-state index contributed by atoms with van der Waals surface area (Å²) >= 11 is 0. The van der Waals surface area contributed by atoms with Crippen LogP contribution < -0.4 is 5.32 Å². The minimum atomic E-state index is -0.660. The van der Waals surface area contributed by atoms with Crippen LogP contribution in [0.2, 0.25) is 0 Å². The standard InChI is InChI=1S/C20H15N3O4/c24-19-15(8-4-11-18(19)23(26)27)13-21-16-9-5-10-17(12-16)22-20(25)14-6-2-1-3-7-14/h1-13,24H,(H,22,25). The number of amides is 1. The van der Waals surface area contributed by atoms with Crippen molar-refractivity contribution in [2.75, 3.05) is 5.32 Å². The molecule has 2 N–H and O–H groups in total. The maximum Gasteiger partial charge on any atom is 0.311 e. The van der Waals surface area contributed by atoms with Crippen LogP contribution in [0.25, 0.3) is 0 Å². The first-order chi connectivity index (χ1) is 13.0. The highest BCUT2D eigenvalue weighted by Crippen LogP contribution is 2.28. The van der Waals surface area contributed by atoms with Crippen LogP contribution in [0.5, 0.6) is 5.75 Å². The van der Waals surface area contributed by atoms with Crippen LogP contribution in [-0.4, -0.2) is 22.2 Å². The number of hydrogen-bond donors (Lipinski definition) is 2. The second-order valence-corrected chi connectivity index (χ2v) is 5.60. The van der Waals surface area contributed by atoms with Gasteiger partial charge in [0.25, 0.3) is 5.91 Å². The highest BCUT2D eigenvalue weighted by Gasteiger charge is 2.15. The number of nitrogens with one attached hydrogen (secondary N) is 1. The molecule has 0 fully saturated rings. The zero-order chi connectivity index (χ0) is 19.2. The number of carbonyl (C=O) groups is 1. The topological polar surface area (TPSA) is 105 Å². The Labute approximate surface area is 154 Å². The monoisotopic (exact) mass is 361 g/mol. The summed E-state index contributed by atoms with van der Waals surface area (Å²) in [6.45, 7) is 0. The van der Waals surface area contributed by atoms with E-state index in [-0.39, 0.29) is 17.2 Å². The van der Waals surface area contributed by atoms with E-state index in [2.05, 4.69) is 10.3 Å². The molecule has 0 unspecified atom stereocenters. The Morgan fingerprint density at radius 1 is 1.04 bits per heavy atom. The van der Waals surface area contributed by atoms with Crippen molar-refractivity contribution < 1.29 is 14.8 Å². The van der Waals surface area contributed by atoms with Crippen LogP contribution in [-0.2, 0) is 0 Å².